The van der Waals surface area contributed by atoms with Gasteiger partial charge in [0.2, 0.25) is 11.8 Å². The summed E-state index contributed by atoms with van der Waals surface area (Å²) < 4.78 is 0. The minimum absolute atomic E-state index is 0.128. The summed E-state index contributed by atoms with van der Waals surface area (Å²) in [6.45, 7) is 3.94. The number of nitrogens with zero attached hydrogens (tertiary/aromatic N) is 4. The number of aliphatic carboxylic acids is 1. The Kier molecular flexibility index (Phi) is 5.50. The van der Waals surface area contributed by atoms with Crippen molar-refractivity contribution in [1.82, 2.24) is 19.7 Å². The molecule has 9 nitrogen and oxygen atoms in total. The molecule has 0 aromatic carbocycles. The molecule has 4 rings (SSSR count). The summed E-state index contributed by atoms with van der Waals surface area (Å²) in [5, 5.41) is 9.84. The molecule has 3 heterocycles. The molecule has 162 valence electrons. The highest BCUT2D eigenvalue weighted by molar-refractivity contribution is 5.89. The molecule has 9 heteroatoms. The molecule has 2 saturated heterocycles. The zero-order valence-corrected chi connectivity index (χ0v) is 17.2. The van der Waals surface area contributed by atoms with Gasteiger partial charge in [-0.1, -0.05) is 6.07 Å². The van der Waals surface area contributed by atoms with Gasteiger partial charge in [0.05, 0.1) is 5.92 Å². The summed E-state index contributed by atoms with van der Waals surface area (Å²) in [7, 11) is 1.79. The van der Waals surface area contributed by atoms with Crippen LogP contribution < -0.4 is 5.73 Å². The summed E-state index contributed by atoms with van der Waals surface area (Å²) in [5.41, 5.74) is 6.21. The maximum atomic E-state index is 13.3. The van der Waals surface area contributed by atoms with Gasteiger partial charge in [-0.25, -0.2) is 0 Å². The third kappa shape index (κ3) is 3.91. The predicted octanol–water partition coefficient (Wildman–Crippen LogP) is -0.378. The number of carboxylic acid groups (broad SMARTS) is 1. The Bertz CT molecular complexity index is 826. The first-order valence-corrected chi connectivity index (χ1v) is 10.4. The van der Waals surface area contributed by atoms with Crippen molar-refractivity contribution in [1.29, 1.82) is 0 Å². The lowest BCUT2D eigenvalue weighted by atomic mass is 9.79. The number of carboxylic acids is 1. The maximum absolute atomic E-state index is 13.3. The zero-order valence-electron chi connectivity index (χ0n) is 17.2. The van der Waals surface area contributed by atoms with E-state index in [0.29, 0.717) is 32.5 Å². The number of nitrogens with two attached hydrogens (primary N) is 1. The summed E-state index contributed by atoms with van der Waals surface area (Å²) in [6.07, 6.45) is 4.54. The van der Waals surface area contributed by atoms with Crippen LogP contribution in [0.3, 0.4) is 0 Å². The molecule has 1 saturated carbocycles. The van der Waals surface area contributed by atoms with Crippen molar-refractivity contribution in [2.24, 2.45) is 23.0 Å². The molecule has 1 aliphatic carbocycles. The number of likely N-dealkylation sites (N-methyl/N-ethyl adjacent to an activating group) is 1. The molecule has 30 heavy (non-hydrogen) atoms. The van der Waals surface area contributed by atoms with E-state index in [4.69, 9.17) is 5.73 Å². The molecule has 1 aromatic rings. The largest absolute Gasteiger partial charge is 0.481 e. The van der Waals surface area contributed by atoms with Gasteiger partial charge >= 0.3 is 5.97 Å². The van der Waals surface area contributed by atoms with Crippen LogP contribution in [0.15, 0.2) is 24.5 Å². The Morgan fingerprint density at radius 3 is 2.53 bits per heavy atom. The second-order valence-corrected chi connectivity index (χ2v) is 8.99. The molecule has 4 atom stereocenters. The lowest BCUT2D eigenvalue weighted by Crippen LogP contribution is -2.60. The van der Waals surface area contributed by atoms with Gasteiger partial charge in [-0.05, 0) is 36.9 Å². The molecular formula is C21H29N5O4. The number of primary amides is 1. The standard InChI is InChI=1S/C21H29N5O4/c1-24-13-21(10-16(21)18(22)27)9-15(20(29)30)17(24)19(28)26-7-5-25(6-8-26)12-14-3-2-4-23-11-14/h2-4,11,15-17H,5-10,12-13H2,1H3,(H2,22,27)(H,29,30). The highest BCUT2D eigenvalue weighted by atomic mass is 16.4. The maximum Gasteiger partial charge on any atom is 0.308 e. The zero-order chi connectivity index (χ0) is 21.5. The highest BCUT2D eigenvalue weighted by Gasteiger charge is 2.63. The Morgan fingerprint density at radius 1 is 1.23 bits per heavy atom. The first-order valence-electron chi connectivity index (χ1n) is 10.4. The summed E-state index contributed by atoms with van der Waals surface area (Å²) in [6, 6.07) is 3.24. The van der Waals surface area contributed by atoms with Crippen LogP contribution in [0.5, 0.6) is 0 Å². The van der Waals surface area contributed by atoms with Crippen molar-refractivity contribution >= 4 is 17.8 Å². The molecule has 2 aliphatic heterocycles. The Hall–Kier alpha value is -2.52. The van der Waals surface area contributed by atoms with Crippen LogP contribution in [-0.2, 0) is 20.9 Å². The van der Waals surface area contributed by atoms with Crippen molar-refractivity contribution in [2.45, 2.75) is 25.4 Å². The van der Waals surface area contributed by atoms with Crippen molar-refractivity contribution in [3.05, 3.63) is 30.1 Å². The van der Waals surface area contributed by atoms with Crippen molar-refractivity contribution < 1.29 is 19.5 Å². The van der Waals surface area contributed by atoms with E-state index in [2.05, 4.69) is 9.88 Å². The minimum atomic E-state index is -0.982. The van der Waals surface area contributed by atoms with Crippen LogP contribution in [0.1, 0.15) is 18.4 Å². The van der Waals surface area contributed by atoms with E-state index in [0.717, 1.165) is 25.2 Å². The smallest absolute Gasteiger partial charge is 0.308 e. The lowest BCUT2D eigenvalue weighted by Gasteiger charge is -2.44. The van der Waals surface area contributed by atoms with E-state index in [1.165, 1.54) is 0 Å². The van der Waals surface area contributed by atoms with Crippen LogP contribution in [0.2, 0.25) is 0 Å². The third-order valence-corrected chi connectivity index (χ3v) is 6.96. The van der Waals surface area contributed by atoms with Gasteiger partial charge in [0.25, 0.3) is 0 Å². The number of piperidine rings is 1. The summed E-state index contributed by atoms with van der Waals surface area (Å²) in [5.74, 6) is -2.59. The van der Waals surface area contributed by atoms with Crippen LogP contribution in [0.4, 0.5) is 0 Å². The van der Waals surface area contributed by atoms with Gasteiger partial charge in [0.1, 0.15) is 6.04 Å². The molecule has 4 unspecified atom stereocenters. The molecule has 2 amide bonds. The molecule has 0 bridgehead atoms. The number of piperazine rings is 1. The van der Waals surface area contributed by atoms with Crippen molar-refractivity contribution in [3.8, 4) is 0 Å². The molecule has 3 N–H and O–H groups in total. The summed E-state index contributed by atoms with van der Waals surface area (Å²) in [4.78, 5) is 47.0. The van der Waals surface area contributed by atoms with Crippen LogP contribution in [0, 0.1) is 17.3 Å². The quantitative estimate of drug-likeness (QED) is 0.673. The van der Waals surface area contributed by atoms with Gasteiger partial charge in [-0.3, -0.25) is 29.2 Å². The Morgan fingerprint density at radius 2 is 1.97 bits per heavy atom. The fraction of sp³-hybridized carbons (Fsp3) is 0.619. The van der Waals surface area contributed by atoms with Gasteiger partial charge in [-0.2, -0.15) is 0 Å². The third-order valence-electron chi connectivity index (χ3n) is 6.96. The van der Waals surface area contributed by atoms with Crippen molar-refractivity contribution in [3.63, 3.8) is 0 Å². The Labute approximate surface area is 175 Å². The number of carbonyl (C=O) groups is 3. The predicted molar refractivity (Wildman–Crippen MR) is 108 cm³/mol. The number of likely N-dealkylation sites (tertiary alicyclic amines) is 1. The second-order valence-electron chi connectivity index (χ2n) is 8.99. The first kappa shape index (κ1) is 20.7. The number of carbonyl (C=O) groups excluding carboxylic acids is 2. The number of aromatic nitrogens is 1. The van der Waals surface area contributed by atoms with E-state index in [1.807, 2.05) is 23.2 Å². The van der Waals surface area contributed by atoms with Gasteiger partial charge in [0.15, 0.2) is 0 Å². The highest BCUT2D eigenvalue weighted by Crippen LogP contribution is 2.59. The van der Waals surface area contributed by atoms with E-state index in [1.54, 1.807) is 18.1 Å². The molecular weight excluding hydrogens is 386 g/mol. The molecule has 0 radical (unpaired) electrons. The van der Waals surface area contributed by atoms with Gasteiger partial charge in [0, 0.05) is 57.6 Å². The van der Waals surface area contributed by atoms with Crippen molar-refractivity contribution in [2.75, 3.05) is 39.8 Å². The topological polar surface area (TPSA) is 120 Å². The Balaban J connectivity index is 1.39. The molecule has 1 spiro atoms. The summed E-state index contributed by atoms with van der Waals surface area (Å²) >= 11 is 0. The number of rotatable bonds is 5. The average molecular weight is 415 g/mol. The SMILES string of the molecule is CN1CC2(CC(C(=O)O)C1C(=O)N1CCN(Cc3cccnc3)CC1)CC2C(N)=O. The van der Waals surface area contributed by atoms with Gasteiger partial charge in [-0.15, -0.1) is 0 Å². The van der Waals surface area contributed by atoms with E-state index < -0.39 is 17.9 Å². The molecule has 3 aliphatic rings. The fourth-order valence-electron chi connectivity index (χ4n) is 5.31. The van der Waals surface area contributed by atoms with E-state index in [9.17, 15) is 19.5 Å². The van der Waals surface area contributed by atoms with Crippen LogP contribution in [0.25, 0.3) is 0 Å². The van der Waals surface area contributed by atoms with Crippen LogP contribution >= 0.6 is 0 Å². The average Bonchev–Trinajstić information content (AvgIpc) is 3.41. The number of hydrogen-bond acceptors (Lipinski definition) is 6. The molecule has 1 aromatic heterocycles. The van der Waals surface area contributed by atoms with E-state index >= 15 is 0 Å². The van der Waals surface area contributed by atoms with E-state index in [-0.39, 0.29) is 23.1 Å². The fourth-order valence-corrected chi connectivity index (χ4v) is 5.31. The number of pyridine rings is 1. The van der Waals surface area contributed by atoms with Crippen LogP contribution in [-0.4, -0.2) is 88.4 Å². The first-order chi connectivity index (χ1) is 14.3. The lowest BCUT2D eigenvalue weighted by molar-refractivity contribution is -0.157. The van der Waals surface area contributed by atoms with Gasteiger partial charge < -0.3 is 15.7 Å². The molecule has 3 fully saturated rings. The number of amides is 2. The normalized spacial score (nSPS) is 32.2. The second kappa shape index (κ2) is 7.96. The minimum Gasteiger partial charge on any atom is -0.481 e. The number of hydrogen-bond donors (Lipinski definition) is 2. The monoisotopic (exact) mass is 415 g/mol.